The molecule has 0 saturated heterocycles. The topological polar surface area (TPSA) is 75.9 Å². The van der Waals surface area contributed by atoms with Crippen molar-refractivity contribution < 1.29 is 18.3 Å². The Morgan fingerprint density at radius 2 is 2.00 bits per heavy atom. The van der Waals surface area contributed by atoms with Gasteiger partial charge in [0.1, 0.15) is 18.0 Å². The lowest BCUT2D eigenvalue weighted by Gasteiger charge is -2.30. The average Bonchev–Trinajstić information content (AvgIpc) is 2.92. The number of hydrogen-bond acceptors (Lipinski definition) is 5. The molecule has 0 atom stereocenters. The van der Waals surface area contributed by atoms with E-state index in [9.17, 15) is 18.3 Å². The molecule has 6 nitrogen and oxygen atoms in total. The van der Waals surface area contributed by atoms with Gasteiger partial charge in [-0.2, -0.15) is 13.2 Å². The third kappa shape index (κ3) is 3.46. The molecule has 2 N–H and O–H groups in total. The van der Waals surface area contributed by atoms with Crippen LogP contribution in [0.1, 0.15) is 35.8 Å². The molecule has 0 spiro atoms. The number of anilines is 1. The summed E-state index contributed by atoms with van der Waals surface area (Å²) in [7, 11) is 1.76. The van der Waals surface area contributed by atoms with Crippen LogP contribution in [0.5, 0.6) is 0 Å². The first-order valence-corrected chi connectivity index (χ1v) is 8.57. The van der Waals surface area contributed by atoms with Crippen molar-refractivity contribution >= 4 is 16.9 Å². The summed E-state index contributed by atoms with van der Waals surface area (Å²) < 4.78 is 40.4. The number of aliphatic hydroxyl groups excluding tert-OH is 1. The van der Waals surface area contributed by atoms with Crippen LogP contribution >= 0.6 is 0 Å². The van der Waals surface area contributed by atoms with Crippen LogP contribution in [0.2, 0.25) is 0 Å². The van der Waals surface area contributed by atoms with Crippen molar-refractivity contribution in [3.05, 3.63) is 47.7 Å². The molecule has 0 bridgehead atoms. The number of halogens is 3. The van der Waals surface area contributed by atoms with E-state index in [2.05, 4.69) is 20.3 Å². The van der Waals surface area contributed by atoms with Crippen molar-refractivity contribution in [2.45, 2.75) is 37.6 Å². The molecule has 142 valence electrons. The zero-order valence-corrected chi connectivity index (χ0v) is 14.5. The normalized spacial score (nSPS) is 19.9. The van der Waals surface area contributed by atoms with Crippen LogP contribution in [-0.4, -0.2) is 30.7 Å². The van der Waals surface area contributed by atoms with E-state index in [1.807, 2.05) is 6.07 Å². The molecular formula is C18H18F3N5O. The van der Waals surface area contributed by atoms with Crippen LogP contribution in [0.15, 0.2) is 30.6 Å². The van der Waals surface area contributed by atoms with Crippen LogP contribution in [0.4, 0.5) is 19.0 Å². The minimum absolute atomic E-state index is 0.236. The van der Waals surface area contributed by atoms with Crippen LogP contribution in [-0.2, 0) is 19.8 Å². The molecule has 4 rings (SSSR count). The molecule has 1 saturated carbocycles. The second-order valence-corrected chi connectivity index (χ2v) is 6.79. The maximum Gasteiger partial charge on any atom is 0.416 e. The van der Waals surface area contributed by atoms with Gasteiger partial charge < -0.3 is 15.0 Å². The predicted molar refractivity (Wildman–Crippen MR) is 93.1 cm³/mol. The van der Waals surface area contributed by atoms with Crippen molar-refractivity contribution in [1.29, 1.82) is 0 Å². The van der Waals surface area contributed by atoms with Gasteiger partial charge >= 0.3 is 6.18 Å². The summed E-state index contributed by atoms with van der Waals surface area (Å²) in [6.07, 6.45) is -1.79. The van der Waals surface area contributed by atoms with Crippen LogP contribution in [0, 0.1) is 0 Å². The lowest BCUT2D eigenvalue weighted by molar-refractivity contribution is -0.137. The molecule has 2 aromatic heterocycles. The Kier molecular flexibility index (Phi) is 4.26. The number of nitrogens with zero attached hydrogens (tertiary/aromatic N) is 4. The van der Waals surface area contributed by atoms with Gasteiger partial charge in [0, 0.05) is 24.7 Å². The first-order chi connectivity index (χ1) is 12.8. The molecule has 2 heterocycles. The Bertz CT molecular complexity index is 979. The lowest BCUT2D eigenvalue weighted by atomic mass is 9.80. The number of fused-ring (bicyclic) bond motifs is 1. The molecule has 1 fully saturated rings. The average molecular weight is 377 g/mol. The van der Waals surface area contributed by atoms with Crippen LogP contribution < -0.4 is 5.32 Å². The van der Waals surface area contributed by atoms with Crippen LogP contribution in [0.25, 0.3) is 11.0 Å². The second kappa shape index (κ2) is 6.49. The summed E-state index contributed by atoms with van der Waals surface area (Å²) in [5.74, 6) is 1.45. The zero-order valence-electron chi connectivity index (χ0n) is 14.5. The van der Waals surface area contributed by atoms with Gasteiger partial charge in [0.25, 0.3) is 0 Å². The number of rotatable bonds is 4. The highest BCUT2D eigenvalue weighted by Gasteiger charge is 2.31. The Morgan fingerprint density at radius 1 is 1.22 bits per heavy atom. The molecule has 3 aromatic rings. The maximum atomic E-state index is 12.9. The molecule has 0 aliphatic heterocycles. The Balaban J connectivity index is 1.52. The summed E-state index contributed by atoms with van der Waals surface area (Å²) in [5, 5.41) is 12.6. The maximum absolute atomic E-state index is 12.9. The molecule has 1 aliphatic rings. The summed E-state index contributed by atoms with van der Waals surface area (Å²) in [6, 6.07) is 5.38. The molecule has 1 aliphatic carbocycles. The lowest BCUT2D eigenvalue weighted by Crippen LogP contribution is -2.27. The molecule has 27 heavy (non-hydrogen) atoms. The van der Waals surface area contributed by atoms with Gasteiger partial charge in [-0.15, -0.1) is 0 Å². The minimum atomic E-state index is -4.39. The summed E-state index contributed by atoms with van der Waals surface area (Å²) in [4.78, 5) is 12.7. The van der Waals surface area contributed by atoms with E-state index in [1.165, 1.54) is 12.4 Å². The number of imidazole rings is 1. The van der Waals surface area contributed by atoms with Gasteiger partial charge in [-0.1, -0.05) is 0 Å². The Labute approximate surface area is 153 Å². The second-order valence-electron chi connectivity index (χ2n) is 6.79. The van der Waals surface area contributed by atoms with Gasteiger partial charge in [0.05, 0.1) is 29.2 Å². The number of nitrogens with one attached hydrogen (secondary N) is 1. The van der Waals surface area contributed by atoms with E-state index in [0.29, 0.717) is 42.1 Å². The number of aryl methyl sites for hydroxylation is 1. The summed E-state index contributed by atoms with van der Waals surface area (Å²) in [6.45, 7) is 0.316. The van der Waals surface area contributed by atoms with Gasteiger partial charge in [-0.3, -0.25) is 0 Å². The quantitative estimate of drug-likeness (QED) is 0.730. The SMILES string of the molecule is Cn1c(CNc2cc(C3CC(O)C3)ncn2)nc2cc(C(F)(F)F)ccc21. The highest BCUT2D eigenvalue weighted by atomic mass is 19.4. The molecule has 0 amide bonds. The Morgan fingerprint density at radius 3 is 2.70 bits per heavy atom. The van der Waals surface area contributed by atoms with Gasteiger partial charge in [-0.05, 0) is 31.0 Å². The van der Waals surface area contributed by atoms with E-state index in [0.717, 1.165) is 17.8 Å². The van der Waals surface area contributed by atoms with E-state index >= 15 is 0 Å². The number of alkyl halides is 3. The zero-order chi connectivity index (χ0) is 19.2. The van der Waals surface area contributed by atoms with Crippen LogP contribution in [0.3, 0.4) is 0 Å². The van der Waals surface area contributed by atoms with Crippen molar-refractivity contribution in [3.63, 3.8) is 0 Å². The number of hydrogen-bond donors (Lipinski definition) is 2. The largest absolute Gasteiger partial charge is 0.416 e. The number of benzene rings is 1. The van der Waals surface area contributed by atoms with E-state index in [1.54, 1.807) is 11.6 Å². The third-order valence-corrected chi connectivity index (χ3v) is 4.95. The molecule has 9 heteroatoms. The van der Waals surface area contributed by atoms with Gasteiger partial charge in [0.2, 0.25) is 0 Å². The van der Waals surface area contributed by atoms with Gasteiger partial charge in [-0.25, -0.2) is 15.0 Å². The van der Waals surface area contributed by atoms with E-state index in [4.69, 9.17) is 0 Å². The first kappa shape index (κ1) is 17.7. The monoisotopic (exact) mass is 377 g/mol. The number of aromatic nitrogens is 4. The van der Waals surface area contributed by atoms with Crippen molar-refractivity contribution in [2.24, 2.45) is 7.05 Å². The number of aliphatic hydroxyl groups is 1. The fourth-order valence-corrected chi connectivity index (χ4v) is 3.28. The predicted octanol–water partition coefficient (Wildman–Crippen LogP) is 3.23. The summed E-state index contributed by atoms with van der Waals surface area (Å²) in [5.41, 5.74) is 1.09. The third-order valence-electron chi connectivity index (χ3n) is 4.95. The van der Waals surface area contributed by atoms with Crippen molar-refractivity contribution in [2.75, 3.05) is 5.32 Å². The van der Waals surface area contributed by atoms with Crippen molar-refractivity contribution in [3.8, 4) is 0 Å². The molecule has 1 aromatic carbocycles. The standard InChI is InChI=1S/C18H18F3N5O/c1-26-15-3-2-11(18(19,20)21)6-14(15)25-17(26)8-22-16-7-13(23-9-24-16)10-4-12(27)5-10/h2-3,6-7,9-10,12,27H,4-5,8H2,1H3,(H,22,23,24). The highest BCUT2D eigenvalue weighted by Crippen LogP contribution is 2.36. The minimum Gasteiger partial charge on any atom is -0.393 e. The van der Waals surface area contributed by atoms with Crippen molar-refractivity contribution in [1.82, 2.24) is 19.5 Å². The highest BCUT2D eigenvalue weighted by molar-refractivity contribution is 5.77. The smallest absolute Gasteiger partial charge is 0.393 e. The van der Waals surface area contributed by atoms with Gasteiger partial charge in [0.15, 0.2) is 0 Å². The fraction of sp³-hybridized carbons (Fsp3) is 0.389. The Hall–Kier alpha value is -2.68. The fourth-order valence-electron chi connectivity index (χ4n) is 3.28. The first-order valence-electron chi connectivity index (χ1n) is 8.57. The molecule has 0 radical (unpaired) electrons. The molecule has 0 unspecified atom stereocenters. The molecular weight excluding hydrogens is 359 g/mol. The van der Waals surface area contributed by atoms with E-state index < -0.39 is 11.7 Å². The van der Waals surface area contributed by atoms with E-state index in [-0.39, 0.29) is 12.0 Å². The summed E-state index contributed by atoms with van der Waals surface area (Å²) >= 11 is 0.